The van der Waals surface area contributed by atoms with Gasteiger partial charge < -0.3 is 14.2 Å². The normalized spacial score (nSPS) is 14.8. The van der Waals surface area contributed by atoms with Crippen molar-refractivity contribution in [1.82, 2.24) is 4.31 Å². The van der Waals surface area contributed by atoms with Crippen LogP contribution in [0.1, 0.15) is 10.4 Å². The number of ketones is 1. The molecule has 8 nitrogen and oxygen atoms in total. The highest BCUT2D eigenvalue weighted by atomic mass is 35.5. The van der Waals surface area contributed by atoms with E-state index in [0.29, 0.717) is 24.0 Å². The zero-order valence-electron chi connectivity index (χ0n) is 16.0. The van der Waals surface area contributed by atoms with E-state index in [-0.39, 0.29) is 30.2 Å². The number of rotatable bonds is 8. The fourth-order valence-electron chi connectivity index (χ4n) is 2.72. The highest BCUT2D eigenvalue weighted by Crippen LogP contribution is 2.18. The standard InChI is InChI=1S/C20H20ClNO7S/c21-16-2-1-3-17(12-16)28-14-20(24)29-13-19(23)15-4-6-18(7-5-15)30(25,26)22-8-10-27-11-9-22/h1-7,12H,8-11,13-14H2. The zero-order valence-corrected chi connectivity index (χ0v) is 17.5. The Hall–Kier alpha value is -2.46. The number of benzene rings is 2. The van der Waals surface area contributed by atoms with E-state index in [0.717, 1.165) is 0 Å². The summed E-state index contributed by atoms with van der Waals surface area (Å²) in [7, 11) is -3.64. The van der Waals surface area contributed by atoms with Crippen molar-refractivity contribution < 1.29 is 32.2 Å². The molecule has 0 radical (unpaired) electrons. The molecule has 2 aromatic rings. The van der Waals surface area contributed by atoms with Gasteiger partial charge in [0.2, 0.25) is 10.0 Å². The lowest BCUT2D eigenvalue weighted by molar-refractivity contribution is -0.144. The number of ether oxygens (including phenoxy) is 3. The summed E-state index contributed by atoms with van der Waals surface area (Å²) in [5.41, 5.74) is 0.236. The molecule has 30 heavy (non-hydrogen) atoms. The van der Waals surface area contributed by atoms with E-state index in [1.807, 2.05) is 0 Å². The summed E-state index contributed by atoms with van der Waals surface area (Å²) in [5.74, 6) is -0.765. The molecule has 0 amide bonds. The molecule has 3 rings (SSSR count). The van der Waals surface area contributed by atoms with Crippen LogP contribution in [0, 0.1) is 0 Å². The molecule has 1 fully saturated rings. The predicted molar refractivity (Wildman–Crippen MR) is 108 cm³/mol. The van der Waals surface area contributed by atoms with Gasteiger partial charge in [-0.15, -0.1) is 0 Å². The van der Waals surface area contributed by atoms with E-state index in [1.54, 1.807) is 24.3 Å². The lowest BCUT2D eigenvalue weighted by atomic mass is 10.1. The van der Waals surface area contributed by atoms with Crippen molar-refractivity contribution in [3.8, 4) is 5.75 Å². The SMILES string of the molecule is O=C(COc1cccc(Cl)c1)OCC(=O)c1ccc(S(=O)(=O)N2CCOCC2)cc1. The van der Waals surface area contributed by atoms with Gasteiger partial charge in [0.25, 0.3) is 0 Å². The van der Waals surface area contributed by atoms with Crippen LogP contribution < -0.4 is 4.74 Å². The molecule has 10 heteroatoms. The molecular weight excluding hydrogens is 434 g/mol. The van der Waals surface area contributed by atoms with E-state index in [4.69, 9.17) is 25.8 Å². The Kier molecular flexibility index (Phi) is 7.43. The number of morpholine rings is 1. The Morgan fingerprint density at radius 1 is 1.03 bits per heavy atom. The number of carbonyl (C=O) groups excluding carboxylic acids is 2. The first-order valence-electron chi connectivity index (χ1n) is 9.11. The Balaban J connectivity index is 1.51. The van der Waals surface area contributed by atoms with Crippen molar-refractivity contribution in [3.05, 3.63) is 59.1 Å². The fraction of sp³-hybridized carbons (Fsp3) is 0.300. The Bertz CT molecular complexity index is 1000. The minimum absolute atomic E-state index is 0.0906. The molecule has 160 valence electrons. The van der Waals surface area contributed by atoms with Gasteiger partial charge in [-0.05, 0) is 42.5 Å². The Morgan fingerprint density at radius 2 is 1.73 bits per heavy atom. The van der Waals surface area contributed by atoms with E-state index in [2.05, 4.69) is 0 Å². The number of nitrogens with zero attached hydrogens (tertiary/aromatic N) is 1. The fourth-order valence-corrected chi connectivity index (χ4v) is 4.31. The van der Waals surface area contributed by atoms with Crippen LogP contribution in [0.5, 0.6) is 5.75 Å². The maximum atomic E-state index is 12.6. The molecule has 2 aromatic carbocycles. The molecule has 0 N–H and O–H groups in total. The van der Waals surface area contributed by atoms with Crippen LogP contribution in [0.3, 0.4) is 0 Å². The lowest BCUT2D eigenvalue weighted by Crippen LogP contribution is -2.40. The van der Waals surface area contributed by atoms with Gasteiger partial charge in [-0.3, -0.25) is 4.79 Å². The minimum atomic E-state index is -3.64. The first-order valence-corrected chi connectivity index (χ1v) is 10.9. The van der Waals surface area contributed by atoms with Gasteiger partial charge in [0, 0.05) is 23.7 Å². The van der Waals surface area contributed by atoms with Crippen LogP contribution >= 0.6 is 11.6 Å². The van der Waals surface area contributed by atoms with E-state index < -0.39 is 28.4 Å². The highest BCUT2D eigenvalue weighted by Gasteiger charge is 2.26. The van der Waals surface area contributed by atoms with Gasteiger partial charge in [0.15, 0.2) is 19.0 Å². The summed E-state index contributed by atoms with van der Waals surface area (Å²) in [4.78, 5) is 24.1. The van der Waals surface area contributed by atoms with Crippen molar-refractivity contribution in [3.63, 3.8) is 0 Å². The van der Waals surface area contributed by atoms with Crippen molar-refractivity contribution >= 4 is 33.4 Å². The topological polar surface area (TPSA) is 99.2 Å². The third-order valence-corrected chi connectivity index (χ3v) is 6.45. The maximum absolute atomic E-state index is 12.6. The molecule has 0 aromatic heterocycles. The molecular formula is C20H20ClNO7S. The van der Waals surface area contributed by atoms with Crippen molar-refractivity contribution in [1.29, 1.82) is 0 Å². The maximum Gasteiger partial charge on any atom is 0.344 e. The summed E-state index contributed by atoms with van der Waals surface area (Å²) in [6, 6.07) is 12.0. The number of esters is 1. The molecule has 0 unspecified atom stereocenters. The molecule has 1 heterocycles. The third-order valence-electron chi connectivity index (χ3n) is 4.30. The van der Waals surface area contributed by atoms with Crippen LogP contribution in [0.25, 0.3) is 0 Å². The van der Waals surface area contributed by atoms with Crippen LogP contribution in [0.4, 0.5) is 0 Å². The summed E-state index contributed by atoms with van der Waals surface area (Å²) in [6.07, 6.45) is 0. The van der Waals surface area contributed by atoms with Crippen LogP contribution in [-0.4, -0.2) is 64.0 Å². The highest BCUT2D eigenvalue weighted by molar-refractivity contribution is 7.89. The first kappa shape index (κ1) is 22.2. The number of carbonyl (C=O) groups is 2. The molecule has 0 aliphatic carbocycles. The monoisotopic (exact) mass is 453 g/mol. The van der Waals surface area contributed by atoms with Gasteiger partial charge in [0.05, 0.1) is 18.1 Å². The first-order chi connectivity index (χ1) is 14.4. The molecule has 1 saturated heterocycles. The third kappa shape index (κ3) is 5.79. The van der Waals surface area contributed by atoms with E-state index in [9.17, 15) is 18.0 Å². The summed E-state index contributed by atoms with van der Waals surface area (Å²) < 4.78 is 41.8. The average Bonchev–Trinajstić information content (AvgIpc) is 2.77. The number of hydrogen-bond donors (Lipinski definition) is 0. The van der Waals surface area contributed by atoms with Gasteiger partial charge in [-0.25, -0.2) is 13.2 Å². The average molecular weight is 454 g/mol. The zero-order chi connectivity index (χ0) is 21.6. The number of Topliss-reactive ketones (excluding diaryl/α,β-unsaturated/α-hetero) is 1. The van der Waals surface area contributed by atoms with E-state index >= 15 is 0 Å². The van der Waals surface area contributed by atoms with Gasteiger partial charge >= 0.3 is 5.97 Å². The lowest BCUT2D eigenvalue weighted by Gasteiger charge is -2.26. The second-order valence-electron chi connectivity index (χ2n) is 6.37. The molecule has 1 aliphatic rings. The molecule has 0 spiro atoms. The van der Waals surface area contributed by atoms with Crippen LogP contribution in [-0.2, 0) is 24.3 Å². The molecule has 0 bridgehead atoms. The van der Waals surface area contributed by atoms with Crippen molar-refractivity contribution in [2.75, 3.05) is 39.5 Å². The van der Waals surface area contributed by atoms with Gasteiger partial charge in [0.1, 0.15) is 5.75 Å². The van der Waals surface area contributed by atoms with Crippen molar-refractivity contribution in [2.24, 2.45) is 0 Å². The van der Waals surface area contributed by atoms with Gasteiger partial charge in [-0.1, -0.05) is 17.7 Å². The molecule has 1 aliphatic heterocycles. The second kappa shape index (κ2) is 10.0. The number of halogens is 1. The summed E-state index contributed by atoms with van der Waals surface area (Å²) >= 11 is 5.83. The van der Waals surface area contributed by atoms with Crippen LogP contribution in [0.2, 0.25) is 5.02 Å². The summed E-state index contributed by atoms with van der Waals surface area (Å²) in [6.45, 7) is 0.425. The Morgan fingerprint density at radius 3 is 2.40 bits per heavy atom. The smallest absolute Gasteiger partial charge is 0.344 e. The predicted octanol–water partition coefficient (Wildman–Crippen LogP) is 2.17. The molecule has 0 saturated carbocycles. The second-order valence-corrected chi connectivity index (χ2v) is 8.75. The van der Waals surface area contributed by atoms with Crippen molar-refractivity contribution in [2.45, 2.75) is 4.90 Å². The number of hydrogen-bond acceptors (Lipinski definition) is 7. The quantitative estimate of drug-likeness (QED) is 0.446. The minimum Gasteiger partial charge on any atom is -0.482 e. The van der Waals surface area contributed by atoms with E-state index in [1.165, 1.54) is 28.6 Å². The Labute approximate surface area is 179 Å². The van der Waals surface area contributed by atoms with Crippen LogP contribution in [0.15, 0.2) is 53.4 Å². The van der Waals surface area contributed by atoms with Gasteiger partial charge in [-0.2, -0.15) is 4.31 Å². The summed E-state index contributed by atoms with van der Waals surface area (Å²) in [5, 5.41) is 0.468. The number of sulfonamides is 1. The largest absolute Gasteiger partial charge is 0.482 e. The molecule has 0 atom stereocenters.